The fourth-order valence-corrected chi connectivity index (χ4v) is 3.23. The van der Waals surface area contributed by atoms with Crippen LogP contribution < -0.4 is 10.6 Å². The summed E-state index contributed by atoms with van der Waals surface area (Å²) in [6.07, 6.45) is 5.41. The van der Waals surface area contributed by atoms with Gasteiger partial charge in [0, 0.05) is 43.8 Å². The number of anilines is 1. The summed E-state index contributed by atoms with van der Waals surface area (Å²) in [6.45, 7) is 2.25. The smallest absolute Gasteiger partial charge is 0.319 e. The summed E-state index contributed by atoms with van der Waals surface area (Å²) in [5.74, 6) is 0. The number of benzene rings is 1. The summed E-state index contributed by atoms with van der Waals surface area (Å²) in [4.78, 5) is 18.7. The van der Waals surface area contributed by atoms with Gasteiger partial charge in [-0.3, -0.25) is 4.98 Å². The van der Waals surface area contributed by atoms with Crippen LogP contribution in [0.4, 0.5) is 10.5 Å². The number of nitrogens with one attached hydrogen (secondary N) is 2. The third-order valence-corrected chi connectivity index (χ3v) is 5.01. The van der Waals surface area contributed by atoms with Crippen molar-refractivity contribution in [2.45, 2.75) is 18.9 Å². The molecule has 1 atom stereocenters. The first-order valence-electron chi connectivity index (χ1n) is 8.26. The van der Waals surface area contributed by atoms with Crippen LogP contribution in [0.2, 0.25) is 10.0 Å². The molecular formula is C18H22Cl4N4O. The first-order chi connectivity index (χ1) is 12.1. The van der Waals surface area contributed by atoms with Crippen LogP contribution in [0.1, 0.15) is 12.0 Å². The number of rotatable bonds is 4. The minimum atomic E-state index is -0.115. The second-order valence-electron chi connectivity index (χ2n) is 6.01. The molecule has 1 aliphatic heterocycles. The number of urea groups is 1. The number of aromatic nitrogens is 1. The molecule has 9 heteroatoms. The molecule has 1 aromatic heterocycles. The number of hydrogen-bond donors (Lipinski definition) is 2. The molecule has 1 saturated heterocycles. The van der Waals surface area contributed by atoms with Crippen molar-refractivity contribution in [2.24, 2.45) is 0 Å². The number of halogens is 4. The summed E-state index contributed by atoms with van der Waals surface area (Å²) in [5, 5.41) is 7.16. The maximum absolute atomic E-state index is 12.7. The molecule has 0 bridgehead atoms. The molecule has 1 unspecified atom stereocenters. The van der Waals surface area contributed by atoms with Gasteiger partial charge >= 0.3 is 6.03 Å². The van der Waals surface area contributed by atoms with Gasteiger partial charge in [-0.25, -0.2) is 4.79 Å². The maximum atomic E-state index is 12.7. The number of amides is 2. The average molecular weight is 452 g/mol. The number of pyridine rings is 1. The van der Waals surface area contributed by atoms with Crippen LogP contribution in [0.5, 0.6) is 0 Å². The van der Waals surface area contributed by atoms with Crippen LogP contribution in [-0.4, -0.2) is 41.6 Å². The summed E-state index contributed by atoms with van der Waals surface area (Å²) in [5.41, 5.74) is 1.82. The van der Waals surface area contributed by atoms with E-state index in [-0.39, 0.29) is 36.9 Å². The highest BCUT2D eigenvalue weighted by Crippen LogP contribution is 2.25. The van der Waals surface area contributed by atoms with Gasteiger partial charge in [0.05, 0.1) is 10.0 Å². The predicted molar refractivity (Wildman–Crippen MR) is 116 cm³/mol. The van der Waals surface area contributed by atoms with Gasteiger partial charge < -0.3 is 15.5 Å². The van der Waals surface area contributed by atoms with E-state index in [0.717, 1.165) is 25.9 Å². The zero-order valence-electron chi connectivity index (χ0n) is 14.5. The zero-order valence-corrected chi connectivity index (χ0v) is 17.7. The molecule has 27 heavy (non-hydrogen) atoms. The van der Waals surface area contributed by atoms with Gasteiger partial charge in [-0.15, -0.1) is 24.8 Å². The fraction of sp³-hybridized carbons (Fsp3) is 0.333. The Morgan fingerprint density at radius 2 is 2.07 bits per heavy atom. The highest BCUT2D eigenvalue weighted by molar-refractivity contribution is 6.42. The number of aryl methyl sites for hydroxylation is 1. The second-order valence-corrected chi connectivity index (χ2v) is 6.82. The minimum absolute atomic E-state index is 0. The lowest BCUT2D eigenvalue weighted by atomic mass is 10.0. The first kappa shape index (κ1) is 23.8. The van der Waals surface area contributed by atoms with Gasteiger partial charge in [0.25, 0.3) is 0 Å². The monoisotopic (exact) mass is 450 g/mol. The van der Waals surface area contributed by atoms with Crippen molar-refractivity contribution in [2.75, 3.05) is 25.0 Å². The lowest BCUT2D eigenvalue weighted by Crippen LogP contribution is -2.55. The molecule has 5 nitrogen and oxygen atoms in total. The molecule has 2 aromatic rings. The Kier molecular flexibility index (Phi) is 10.2. The molecule has 0 saturated carbocycles. The molecular weight excluding hydrogens is 430 g/mol. The van der Waals surface area contributed by atoms with E-state index >= 15 is 0 Å². The van der Waals surface area contributed by atoms with Crippen molar-refractivity contribution >= 4 is 59.7 Å². The van der Waals surface area contributed by atoms with Crippen molar-refractivity contribution in [3.05, 3.63) is 58.3 Å². The van der Waals surface area contributed by atoms with Crippen LogP contribution in [-0.2, 0) is 6.42 Å². The number of carbonyl (C=O) groups excluding carboxylic acids is 1. The predicted octanol–water partition coefficient (Wildman–Crippen LogP) is 4.67. The van der Waals surface area contributed by atoms with Gasteiger partial charge in [0.15, 0.2) is 0 Å². The highest BCUT2D eigenvalue weighted by Gasteiger charge is 2.26. The number of hydrogen-bond acceptors (Lipinski definition) is 3. The van der Waals surface area contributed by atoms with Gasteiger partial charge in [0.1, 0.15) is 0 Å². The topological polar surface area (TPSA) is 57.3 Å². The number of nitrogens with zero attached hydrogens (tertiary/aromatic N) is 2. The highest BCUT2D eigenvalue weighted by atomic mass is 35.5. The molecule has 2 heterocycles. The summed E-state index contributed by atoms with van der Waals surface area (Å²) >= 11 is 11.9. The molecule has 0 radical (unpaired) electrons. The van der Waals surface area contributed by atoms with E-state index in [1.165, 1.54) is 5.56 Å². The standard InChI is InChI=1S/C18H20Cl2N4O.2ClH/c19-16-6-4-14(10-17(16)20)23-18(25)24-9-8-22-12-15(24)5-3-13-2-1-7-21-11-13;;/h1-2,4,6-7,10-11,15,22H,3,5,8-9,12H2,(H,23,25);2*1H. The molecule has 0 spiro atoms. The fourth-order valence-electron chi connectivity index (χ4n) is 2.93. The van der Waals surface area contributed by atoms with Gasteiger partial charge in [-0.1, -0.05) is 29.3 Å². The summed E-state index contributed by atoms with van der Waals surface area (Å²) < 4.78 is 0. The second kappa shape index (κ2) is 11.6. The van der Waals surface area contributed by atoms with E-state index in [0.29, 0.717) is 22.3 Å². The van der Waals surface area contributed by atoms with Crippen LogP contribution in [0.15, 0.2) is 42.7 Å². The van der Waals surface area contributed by atoms with Crippen LogP contribution in [0, 0.1) is 0 Å². The molecule has 0 aliphatic carbocycles. The van der Waals surface area contributed by atoms with Crippen LogP contribution >= 0.6 is 48.0 Å². The SMILES string of the molecule is Cl.Cl.O=C(Nc1ccc(Cl)c(Cl)c1)N1CCNCC1CCc1cccnc1. The quantitative estimate of drug-likeness (QED) is 0.709. The van der Waals surface area contributed by atoms with Gasteiger partial charge in [0.2, 0.25) is 0 Å². The van der Waals surface area contributed by atoms with Crippen molar-refractivity contribution in [1.82, 2.24) is 15.2 Å². The van der Waals surface area contributed by atoms with E-state index in [1.54, 1.807) is 24.4 Å². The minimum Gasteiger partial charge on any atom is -0.319 e. The van der Waals surface area contributed by atoms with Crippen LogP contribution in [0.3, 0.4) is 0 Å². The third kappa shape index (κ3) is 6.70. The van der Waals surface area contributed by atoms with E-state index < -0.39 is 0 Å². The zero-order chi connectivity index (χ0) is 17.6. The lowest BCUT2D eigenvalue weighted by molar-refractivity contribution is 0.166. The summed E-state index contributed by atoms with van der Waals surface area (Å²) in [6, 6.07) is 9.10. The Morgan fingerprint density at radius 3 is 2.78 bits per heavy atom. The third-order valence-electron chi connectivity index (χ3n) is 4.27. The first-order valence-corrected chi connectivity index (χ1v) is 9.01. The number of piperazine rings is 1. The van der Waals surface area contributed by atoms with Crippen molar-refractivity contribution < 1.29 is 4.79 Å². The Balaban J connectivity index is 0.00000182. The average Bonchev–Trinajstić information content (AvgIpc) is 2.64. The van der Waals surface area contributed by atoms with Crippen molar-refractivity contribution in [3.8, 4) is 0 Å². The van der Waals surface area contributed by atoms with E-state index in [2.05, 4.69) is 21.7 Å². The molecule has 1 aromatic carbocycles. The molecule has 1 aliphatic rings. The maximum Gasteiger partial charge on any atom is 0.322 e. The Bertz CT molecular complexity index is 733. The molecule has 1 fully saturated rings. The molecule has 3 rings (SSSR count). The van der Waals surface area contributed by atoms with Crippen LogP contribution in [0.25, 0.3) is 0 Å². The van der Waals surface area contributed by atoms with Gasteiger partial charge in [-0.2, -0.15) is 0 Å². The number of carbonyl (C=O) groups is 1. The van der Waals surface area contributed by atoms with Crippen molar-refractivity contribution in [3.63, 3.8) is 0 Å². The normalized spacial score (nSPS) is 16.1. The largest absolute Gasteiger partial charge is 0.322 e. The van der Waals surface area contributed by atoms with E-state index in [9.17, 15) is 4.79 Å². The lowest BCUT2D eigenvalue weighted by Gasteiger charge is -2.36. The molecule has 2 N–H and O–H groups in total. The van der Waals surface area contributed by atoms with E-state index in [1.807, 2.05) is 17.2 Å². The van der Waals surface area contributed by atoms with Gasteiger partial charge in [-0.05, 0) is 42.7 Å². The summed E-state index contributed by atoms with van der Waals surface area (Å²) in [7, 11) is 0. The van der Waals surface area contributed by atoms with Crippen molar-refractivity contribution in [1.29, 1.82) is 0 Å². The van der Waals surface area contributed by atoms with E-state index in [4.69, 9.17) is 23.2 Å². The molecule has 148 valence electrons. The Labute approximate surface area is 181 Å². The Hall–Kier alpha value is -1.24. The molecule has 2 amide bonds. The Morgan fingerprint density at radius 1 is 1.26 bits per heavy atom.